The average molecular weight is 276 g/mol. The van der Waals surface area contributed by atoms with Gasteiger partial charge in [0.2, 0.25) is 0 Å². The van der Waals surface area contributed by atoms with Crippen LogP contribution in [-0.2, 0) is 4.74 Å². The molecule has 0 radical (unpaired) electrons. The van der Waals surface area contributed by atoms with E-state index in [2.05, 4.69) is 16.4 Å². The number of nitrogens with one attached hydrogen (secondary N) is 1. The number of rotatable bonds is 7. The first kappa shape index (κ1) is 13.8. The highest BCUT2D eigenvalue weighted by atomic mass is 16.5. The molecule has 4 nitrogen and oxygen atoms in total. The Hall–Kier alpha value is -1.13. The van der Waals surface area contributed by atoms with Gasteiger partial charge in [-0.2, -0.15) is 0 Å². The second-order valence-corrected chi connectivity index (χ2v) is 6.01. The van der Waals surface area contributed by atoms with E-state index in [0.717, 1.165) is 44.4 Å². The van der Waals surface area contributed by atoms with Crippen molar-refractivity contribution in [2.24, 2.45) is 11.8 Å². The van der Waals surface area contributed by atoms with Crippen molar-refractivity contribution in [2.75, 3.05) is 33.4 Å². The molecule has 1 saturated carbocycles. The Bertz CT molecular complexity index is 432. The van der Waals surface area contributed by atoms with Gasteiger partial charge in [0.1, 0.15) is 5.75 Å². The smallest absolute Gasteiger partial charge is 0.137 e. The zero-order valence-corrected chi connectivity index (χ0v) is 12.2. The highest BCUT2D eigenvalue weighted by molar-refractivity contribution is 5.30. The van der Waals surface area contributed by atoms with Gasteiger partial charge in [-0.05, 0) is 49.3 Å². The molecule has 0 unspecified atom stereocenters. The lowest BCUT2D eigenvalue weighted by molar-refractivity contribution is 0.189. The fourth-order valence-corrected chi connectivity index (χ4v) is 3.03. The number of nitrogens with zero attached hydrogens (tertiary/aromatic N) is 1. The van der Waals surface area contributed by atoms with Crippen LogP contribution in [0.1, 0.15) is 30.7 Å². The van der Waals surface area contributed by atoms with Gasteiger partial charge in [0.15, 0.2) is 0 Å². The fourth-order valence-electron chi connectivity index (χ4n) is 3.03. The van der Waals surface area contributed by atoms with Crippen molar-refractivity contribution in [3.63, 3.8) is 0 Å². The average Bonchev–Trinajstić information content (AvgIpc) is 3.07. The molecule has 2 fully saturated rings. The largest absolute Gasteiger partial charge is 0.492 e. The predicted octanol–water partition coefficient (Wildman–Crippen LogP) is 2.21. The number of ether oxygens (including phenoxy) is 2. The van der Waals surface area contributed by atoms with E-state index in [4.69, 9.17) is 9.47 Å². The van der Waals surface area contributed by atoms with Crippen LogP contribution in [0.25, 0.3) is 0 Å². The summed E-state index contributed by atoms with van der Waals surface area (Å²) in [5, 5.41) is 3.37. The van der Waals surface area contributed by atoms with Gasteiger partial charge in [-0.1, -0.05) is 0 Å². The SMILES string of the molecule is COCC[C@H]1C[C@@H]1c1cncc(OC[C@@H]2CCNC2)c1. The molecule has 1 aliphatic carbocycles. The first-order chi connectivity index (χ1) is 9.86. The minimum Gasteiger partial charge on any atom is -0.492 e. The van der Waals surface area contributed by atoms with Crippen molar-refractivity contribution in [3.05, 3.63) is 24.0 Å². The first-order valence-corrected chi connectivity index (χ1v) is 7.64. The molecule has 1 aromatic rings. The second kappa shape index (κ2) is 6.55. The molecule has 3 rings (SSSR count). The van der Waals surface area contributed by atoms with Gasteiger partial charge >= 0.3 is 0 Å². The molecule has 0 amide bonds. The minimum atomic E-state index is 0.647. The summed E-state index contributed by atoms with van der Waals surface area (Å²) in [4.78, 5) is 4.33. The highest BCUT2D eigenvalue weighted by Crippen LogP contribution is 2.49. The molecule has 1 saturated heterocycles. The standard InChI is InChI=1S/C16H24N2O2/c1-19-5-3-13-7-16(13)14-6-15(10-18-9-14)20-11-12-2-4-17-8-12/h6,9-10,12-13,16-17H,2-5,7-8,11H2,1H3/t12-,13+,16+/m1/s1. The minimum absolute atomic E-state index is 0.647. The normalized spacial score (nSPS) is 28.6. The lowest BCUT2D eigenvalue weighted by atomic mass is 10.1. The quantitative estimate of drug-likeness (QED) is 0.829. The van der Waals surface area contributed by atoms with E-state index >= 15 is 0 Å². The van der Waals surface area contributed by atoms with E-state index in [0.29, 0.717) is 11.8 Å². The third-order valence-corrected chi connectivity index (χ3v) is 4.43. The van der Waals surface area contributed by atoms with E-state index in [1.807, 2.05) is 12.4 Å². The molecule has 20 heavy (non-hydrogen) atoms. The summed E-state index contributed by atoms with van der Waals surface area (Å²) < 4.78 is 11.0. The summed E-state index contributed by atoms with van der Waals surface area (Å²) >= 11 is 0. The summed E-state index contributed by atoms with van der Waals surface area (Å²) in [5.41, 5.74) is 1.33. The summed E-state index contributed by atoms with van der Waals surface area (Å²) in [7, 11) is 1.77. The number of pyridine rings is 1. The Morgan fingerprint density at radius 2 is 2.35 bits per heavy atom. The van der Waals surface area contributed by atoms with Gasteiger partial charge in [-0.25, -0.2) is 0 Å². The van der Waals surface area contributed by atoms with Crippen molar-refractivity contribution in [2.45, 2.75) is 25.2 Å². The van der Waals surface area contributed by atoms with Crippen molar-refractivity contribution >= 4 is 0 Å². The van der Waals surface area contributed by atoms with E-state index in [-0.39, 0.29) is 0 Å². The van der Waals surface area contributed by atoms with Gasteiger partial charge in [-0.15, -0.1) is 0 Å². The van der Waals surface area contributed by atoms with Crippen LogP contribution < -0.4 is 10.1 Å². The Balaban J connectivity index is 1.51. The maximum absolute atomic E-state index is 5.90. The maximum atomic E-state index is 5.90. The number of hydrogen-bond acceptors (Lipinski definition) is 4. The van der Waals surface area contributed by atoms with Crippen LogP contribution in [0.5, 0.6) is 5.75 Å². The Morgan fingerprint density at radius 1 is 1.40 bits per heavy atom. The van der Waals surface area contributed by atoms with Crippen LogP contribution in [-0.4, -0.2) is 38.4 Å². The molecule has 2 aliphatic rings. The Morgan fingerprint density at radius 3 is 3.15 bits per heavy atom. The summed E-state index contributed by atoms with van der Waals surface area (Å²) in [6.45, 7) is 3.86. The van der Waals surface area contributed by atoms with Gasteiger partial charge in [0.25, 0.3) is 0 Å². The predicted molar refractivity (Wildman–Crippen MR) is 78.0 cm³/mol. The lowest BCUT2D eigenvalue weighted by Crippen LogP contribution is -2.15. The van der Waals surface area contributed by atoms with Crippen molar-refractivity contribution in [3.8, 4) is 5.75 Å². The monoisotopic (exact) mass is 276 g/mol. The van der Waals surface area contributed by atoms with Crippen LogP contribution in [0.3, 0.4) is 0 Å². The third kappa shape index (κ3) is 3.49. The van der Waals surface area contributed by atoms with Gasteiger partial charge in [0, 0.05) is 32.4 Å². The third-order valence-electron chi connectivity index (χ3n) is 4.43. The molecule has 1 aromatic heterocycles. The molecular formula is C16H24N2O2. The zero-order valence-electron chi connectivity index (χ0n) is 12.2. The topological polar surface area (TPSA) is 43.4 Å². The van der Waals surface area contributed by atoms with Crippen LogP contribution in [0.2, 0.25) is 0 Å². The van der Waals surface area contributed by atoms with Gasteiger partial charge in [-0.3, -0.25) is 4.98 Å². The molecule has 0 spiro atoms. The van der Waals surface area contributed by atoms with Crippen LogP contribution in [0.15, 0.2) is 18.5 Å². The second-order valence-electron chi connectivity index (χ2n) is 6.01. The number of aromatic nitrogens is 1. The Labute approximate surface area is 120 Å². The van der Waals surface area contributed by atoms with Crippen LogP contribution >= 0.6 is 0 Å². The summed E-state index contributed by atoms with van der Waals surface area (Å²) in [6.07, 6.45) is 7.45. The van der Waals surface area contributed by atoms with E-state index < -0.39 is 0 Å². The van der Waals surface area contributed by atoms with Crippen LogP contribution in [0.4, 0.5) is 0 Å². The molecule has 2 heterocycles. The van der Waals surface area contributed by atoms with E-state index in [9.17, 15) is 0 Å². The fraction of sp³-hybridized carbons (Fsp3) is 0.688. The summed E-state index contributed by atoms with van der Waals surface area (Å²) in [5.74, 6) is 3.00. The molecule has 4 heteroatoms. The van der Waals surface area contributed by atoms with Crippen molar-refractivity contribution in [1.82, 2.24) is 10.3 Å². The zero-order chi connectivity index (χ0) is 13.8. The van der Waals surface area contributed by atoms with Crippen molar-refractivity contribution in [1.29, 1.82) is 0 Å². The first-order valence-electron chi connectivity index (χ1n) is 7.64. The van der Waals surface area contributed by atoms with Crippen molar-refractivity contribution < 1.29 is 9.47 Å². The molecule has 1 N–H and O–H groups in total. The molecule has 1 aliphatic heterocycles. The molecule has 3 atom stereocenters. The maximum Gasteiger partial charge on any atom is 0.137 e. The molecule has 110 valence electrons. The van der Waals surface area contributed by atoms with E-state index in [1.54, 1.807) is 7.11 Å². The number of methoxy groups -OCH3 is 1. The summed E-state index contributed by atoms with van der Waals surface area (Å²) in [6, 6.07) is 2.17. The molecular weight excluding hydrogens is 252 g/mol. The molecule has 0 bridgehead atoms. The molecule has 0 aromatic carbocycles. The van der Waals surface area contributed by atoms with Crippen LogP contribution in [0, 0.1) is 11.8 Å². The highest BCUT2D eigenvalue weighted by Gasteiger charge is 2.38. The van der Waals surface area contributed by atoms with Gasteiger partial charge in [0.05, 0.1) is 12.8 Å². The Kier molecular flexibility index (Phi) is 4.53. The van der Waals surface area contributed by atoms with Gasteiger partial charge < -0.3 is 14.8 Å². The number of hydrogen-bond donors (Lipinski definition) is 1. The lowest BCUT2D eigenvalue weighted by Gasteiger charge is -2.11. The van der Waals surface area contributed by atoms with E-state index in [1.165, 1.54) is 18.4 Å².